The number of nitrogens with one attached hydrogen (secondary N) is 1. The average molecular weight is 264 g/mol. The third-order valence-electron chi connectivity index (χ3n) is 2.89. The van der Waals surface area contributed by atoms with E-state index in [1.54, 1.807) is 32.2 Å². The maximum absolute atomic E-state index is 11.7. The number of hydrogen-bond donors (Lipinski definition) is 2. The fourth-order valence-corrected chi connectivity index (χ4v) is 1.56. The molecular formula is C14H20N2O3. The summed E-state index contributed by atoms with van der Waals surface area (Å²) in [6.07, 6.45) is 1.16. The second kappa shape index (κ2) is 7.53. The summed E-state index contributed by atoms with van der Waals surface area (Å²) in [5, 5.41) is 14.7. The van der Waals surface area contributed by atoms with Crippen molar-refractivity contribution in [2.45, 2.75) is 32.8 Å². The van der Waals surface area contributed by atoms with E-state index < -0.39 is 0 Å². The first-order valence-electron chi connectivity index (χ1n) is 6.18. The van der Waals surface area contributed by atoms with Gasteiger partial charge in [-0.25, -0.2) is 0 Å². The van der Waals surface area contributed by atoms with Crippen molar-refractivity contribution in [3.05, 3.63) is 29.8 Å². The third-order valence-corrected chi connectivity index (χ3v) is 2.89. The van der Waals surface area contributed by atoms with Crippen LogP contribution in [0.25, 0.3) is 0 Å². The van der Waals surface area contributed by atoms with Crippen molar-refractivity contribution < 1.29 is 14.7 Å². The van der Waals surface area contributed by atoms with Crippen molar-refractivity contribution in [1.82, 2.24) is 0 Å². The van der Waals surface area contributed by atoms with Crippen molar-refractivity contribution in [3.8, 4) is 0 Å². The lowest BCUT2D eigenvalue weighted by Gasteiger charge is -2.10. The van der Waals surface area contributed by atoms with Gasteiger partial charge in [0, 0.05) is 24.8 Å². The molecule has 19 heavy (non-hydrogen) atoms. The highest BCUT2D eigenvalue weighted by atomic mass is 16.5. The Balaban J connectivity index is 2.60. The summed E-state index contributed by atoms with van der Waals surface area (Å²) in [6, 6.07) is 7.19. The summed E-state index contributed by atoms with van der Waals surface area (Å²) >= 11 is 0. The fourth-order valence-electron chi connectivity index (χ4n) is 1.56. The minimum absolute atomic E-state index is 0.0559. The van der Waals surface area contributed by atoms with Gasteiger partial charge in [-0.05, 0) is 32.4 Å². The largest absolute Gasteiger partial charge is 0.411 e. The van der Waals surface area contributed by atoms with Crippen molar-refractivity contribution in [3.63, 3.8) is 0 Å². The van der Waals surface area contributed by atoms with Crippen LogP contribution < -0.4 is 5.32 Å². The minimum atomic E-state index is -0.0559. The van der Waals surface area contributed by atoms with Gasteiger partial charge >= 0.3 is 0 Å². The van der Waals surface area contributed by atoms with Crippen LogP contribution in [0.2, 0.25) is 0 Å². The van der Waals surface area contributed by atoms with E-state index >= 15 is 0 Å². The van der Waals surface area contributed by atoms with E-state index in [0.717, 1.165) is 5.56 Å². The first-order chi connectivity index (χ1) is 9.06. The lowest BCUT2D eigenvalue weighted by molar-refractivity contribution is -0.116. The first kappa shape index (κ1) is 15.2. The predicted molar refractivity (Wildman–Crippen MR) is 74.8 cm³/mol. The topological polar surface area (TPSA) is 70.9 Å². The second-order valence-corrected chi connectivity index (χ2v) is 4.40. The Morgan fingerprint density at radius 3 is 2.89 bits per heavy atom. The molecule has 1 amide bonds. The summed E-state index contributed by atoms with van der Waals surface area (Å²) in [4.78, 5) is 11.7. The zero-order chi connectivity index (χ0) is 14.3. The minimum Gasteiger partial charge on any atom is -0.411 e. The van der Waals surface area contributed by atoms with Crippen LogP contribution in [0.1, 0.15) is 32.3 Å². The molecule has 1 rings (SSSR count). The van der Waals surface area contributed by atoms with E-state index in [1.165, 1.54) is 0 Å². The van der Waals surface area contributed by atoms with E-state index in [1.807, 2.05) is 13.0 Å². The van der Waals surface area contributed by atoms with Crippen LogP contribution in [0.5, 0.6) is 0 Å². The maximum atomic E-state index is 11.7. The number of hydrogen-bond acceptors (Lipinski definition) is 4. The van der Waals surface area contributed by atoms with E-state index in [9.17, 15) is 4.79 Å². The Morgan fingerprint density at radius 1 is 1.53 bits per heavy atom. The molecule has 1 aromatic carbocycles. The van der Waals surface area contributed by atoms with Crippen molar-refractivity contribution in [2.24, 2.45) is 5.16 Å². The number of anilines is 1. The summed E-state index contributed by atoms with van der Waals surface area (Å²) in [5.41, 5.74) is 1.96. The molecule has 0 aliphatic carbocycles. The van der Waals surface area contributed by atoms with Gasteiger partial charge in [0.25, 0.3) is 0 Å². The van der Waals surface area contributed by atoms with E-state index in [2.05, 4.69) is 10.5 Å². The predicted octanol–water partition coefficient (Wildman–Crippen LogP) is 2.64. The molecule has 1 atom stereocenters. The highest BCUT2D eigenvalue weighted by Crippen LogP contribution is 2.12. The van der Waals surface area contributed by atoms with Crippen LogP contribution in [0.4, 0.5) is 5.69 Å². The molecule has 0 aromatic heterocycles. The summed E-state index contributed by atoms with van der Waals surface area (Å²) in [5.74, 6) is -0.0559. The Kier molecular flexibility index (Phi) is 6.02. The van der Waals surface area contributed by atoms with Crippen molar-refractivity contribution >= 4 is 17.3 Å². The number of carbonyl (C=O) groups excluding carboxylic acids is 1. The molecule has 104 valence electrons. The number of ether oxygens (including phenoxy) is 1. The molecule has 0 aliphatic rings. The van der Waals surface area contributed by atoms with Gasteiger partial charge in [-0.1, -0.05) is 17.3 Å². The van der Waals surface area contributed by atoms with E-state index in [0.29, 0.717) is 24.2 Å². The molecule has 2 N–H and O–H groups in total. The van der Waals surface area contributed by atoms with Gasteiger partial charge in [0.05, 0.1) is 11.8 Å². The summed E-state index contributed by atoms with van der Waals surface area (Å²) in [7, 11) is 1.63. The van der Waals surface area contributed by atoms with Crippen molar-refractivity contribution in [1.29, 1.82) is 0 Å². The van der Waals surface area contributed by atoms with Crippen molar-refractivity contribution in [2.75, 3.05) is 12.4 Å². The molecular weight excluding hydrogens is 244 g/mol. The Hall–Kier alpha value is -1.88. The molecule has 0 spiro atoms. The van der Waals surface area contributed by atoms with Crippen LogP contribution in [0.3, 0.4) is 0 Å². The normalized spacial score (nSPS) is 13.1. The van der Waals surface area contributed by atoms with Crippen LogP contribution >= 0.6 is 0 Å². The molecule has 1 aromatic rings. The highest BCUT2D eigenvalue weighted by molar-refractivity contribution is 6.00. The number of benzene rings is 1. The molecule has 5 nitrogen and oxygen atoms in total. The smallest absolute Gasteiger partial charge is 0.224 e. The number of oxime groups is 1. The fraction of sp³-hybridized carbons (Fsp3) is 0.429. The van der Waals surface area contributed by atoms with Crippen LogP contribution in [0.15, 0.2) is 29.4 Å². The molecule has 0 bridgehead atoms. The SMILES string of the molecule is COC(C)CCC(=O)Nc1cccc(/C(C)=N/O)c1. The Morgan fingerprint density at radius 2 is 2.26 bits per heavy atom. The van der Waals surface area contributed by atoms with Gasteiger partial charge in [-0.15, -0.1) is 0 Å². The third kappa shape index (κ3) is 5.09. The van der Waals surface area contributed by atoms with Gasteiger partial charge in [0.1, 0.15) is 0 Å². The molecule has 0 aliphatic heterocycles. The van der Waals surface area contributed by atoms with Gasteiger partial charge < -0.3 is 15.3 Å². The lowest BCUT2D eigenvalue weighted by Crippen LogP contribution is -2.15. The molecule has 0 radical (unpaired) electrons. The molecule has 1 unspecified atom stereocenters. The first-order valence-corrected chi connectivity index (χ1v) is 6.18. The average Bonchev–Trinajstić information content (AvgIpc) is 2.44. The Bertz CT molecular complexity index is 458. The van der Waals surface area contributed by atoms with Gasteiger partial charge in [-0.2, -0.15) is 0 Å². The maximum Gasteiger partial charge on any atom is 0.224 e. The summed E-state index contributed by atoms with van der Waals surface area (Å²) in [6.45, 7) is 3.62. The molecule has 0 heterocycles. The van der Waals surface area contributed by atoms with Gasteiger partial charge in [0.2, 0.25) is 5.91 Å². The quantitative estimate of drug-likeness (QED) is 0.471. The highest BCUT2D eigenvalue weighted by Gasteiger charge is 2.07. The molecule has 0 fully saturated rings. The number of amides is 1. The van der Waals surface area contributed by atoms with Gasteiger partial charge in [-0.3, -0.25) is 4.79 Å². The number of methoxy groups -OCH3 is 1. The van der Waals surface area contributed by atoms with Gasteiger partial charge in [0.15, 0.2) is 0 Å². The standard InChI is InChI=1S/C14H20N2O3/c1-10(19-3)7-8-14(17)15-13-6-4-5-12(9-13)11(2)16-18/h4-6,9-10,18H,7-8H2,1-3H3,(H,15,17)/b16-11+. The summed E-state index contributed by atoms with van der Waals surface area (Å²) < 4.78 is 5.09. The molecule has 0 saturated carbocycles. The zero-order valence-corrected chi connectivity index (χ0v) is 11.5. The van der Waals surface area contributed by atoms with Crippen LogP contribution in [-0.2, 0) is 9.53 Å². The van der Waals surface area contributed by atoms with E-state index in [-0.39, 0.29) is 12.0 Å². The number of carbonyl (C=O) groups is 1. The van der Waals surface area contributed by atoms with Crippen LogP contribution in [-0.4, -0.2) is 30.0 Å². The Labute approximate surface area is 113 Å². The molecule has 5 heteroatoms. The lowest BCUT2D eigenvalue weighted by atomic mass is 10.1. The zero-order valence-electron chi connectivity index (χ0n) is 11.5. The van der Waals surface area contributed by atoms with E-state index in [4.69, 9.17) is 9.94 Å². The number of rotatable bonds is 6. The number of nitrogens with zero attached hydrogens (tertiary/aromatic N) is 1. The van der Waals surface area contributed by atoms with Crippen LogP contribution in [0, 0.1) is 0 Å². The monoisotopic (exact) mass is 264 g/mol. The second-order valence-electron chi connectivity index (χ2n) is 4.40. The molecule has 0 saturated heterocycles.